The lowest BCUT2D eigenvalue weighted by atomic mass is 10.0. The van der Waals surface area contributed by atoms with Crippen molar-refractivity contribution in [3.8, 4) is 5.75 Å². The first-order valence-corrected chi connectivity index (χ1v) is 10.7. The van der Waals surface area contributed by atoms with Crippen molar-refractivity contribution in [1.82, 2.24) is 4.90 Å². The lowest BCUT2D eigenvalue weighted by molar-refractivity contribution is -0.121. The number of anilines is 1. The van der Waals surface area contributed by atoms with E-state index >= 15 is 0 Å². The lowest BCUT2D eigenvalue weighted by Gasteiger charge is -2.37. The van der Waals surface area contributed by atoms with E-state index in [1.165, 1.54) is 4.90 Å². The zero-order valence-electron chi connectivity index (χ0n) is 18.4. The summed E-state index contributed by atoms with van der Waals surface area (Å²) < 4.78 is 11.1. The first kappa shape index (κ1) is 21.1. The molecular weight excluding hydrogens is 392 g/mol. The summed E-state index contributed by atoms with van der Waals surface area (Å²) >= 11 is 0. The second-order valence-electron chi connectivity index (χ2n) is 8.08. The van der Waals surface area contributed by atoms with Crippen LogP contribution in [0.5, 0.6) is 5.75 Å². The average molecular weight is 421 g/mol. The number of nitrogens with zero attached hydrogens (tertiary/aromatic N) is 2. The molecule has 2 heterocycles. The van der Waals surface area contributed by atoms with Crippen LogP contribution < -0.4 is 9.64 Å². The Kier molecular flexibility index (Phi) is 5.83. The molecule has 162 valence electrons. The number of benzene rings is 2. The van der Waals surface area contributed by atoms with Crippen LogP contribution in [-0.4, -0.2) is 49.1 Å². The van der Waals surface area contributed by atoms with Crippen molar-refractivity contribution in [3.63, 3.8) is 0 Å². The molecule has 2 aliphatic rings. The molecule has 1 fully saturated rings. The molecule has 0 spiro atoms. The summed E-state index contributed by atoms with van der Waals surface area (Å²) in [5, 5.41) is 0. The quantitative estimate of drug-likeness (QED) is 0.691. The van der Waals surface area contributed by atoms with E-state index in [1.54, 1.807) is 19.2 Å². The predicted molar refractivity (Wildman–Crippen MR) is 120 cm³/mol. The highest BCUT2D eigenvalue weighted by atomic mass is 16.5. The summed E-state index contributed by atoms with van der Waals surface area (Å²) in [6, 6.07) is 14.9. The summed E-state index contributed by atoms with van der Waals surface area (Å²) in [6.45, 7) is 7.16. The van der Waals surface area contributed by atoms with Gasteiger partial charge in [0.15, 0.2) is 0 Å². The van der Waals surface area contributed by atoms with E-state index in [1.807, 2.05) is 55.1 Å². The molecule has 2 atom stereocenters. The number of aryl methyl sites for hydroxylation is 1. The summed E-state index contributed by atoms with van der Waals surface area (Å²) in [6.07, 6.45) is 0.829. The minimum Gasteiger partial charge on any atom is -0.497 e. The second-order valence-corrected chi connectivity index (χ2v) is 8.08. The predicted octanol–water partition coefficient (Wildman–Crippen LogP) is 3.65. The third kappa shape index (κ3) is 3.95. The van der Waals surface area contributed by atoms with Crippen LogP contribution in [0.15, 0.2) is 54.2 Å². The third-order valence-electron chi connectivity index (χ3n) is 5.78. The number of methoxy groups -OCH3 is 1. The van der Waals surface area contributed by atoms with Gasteiger partial charge in [-0.2, -0.15) is 0 Å². The first-order chi connectivity index (χ1) is 14.9. The van der Waals surface area contributed by atoms with Crippen molar-refractivity contribution in [2.24, 2.45) is 0 Å². The van der Waals surface area contributed by atoms with Crippen molar-refractivity contribution in [2.75, 3.05) is 25.1 Å². The van der Waals surface area contributed by atoms with E-state index in [2.05, 4.69) is 6.92 Å². The molecule has 6 nitrogen and oxygen atoms in total. The minimum atomic E-state index is -0.304. The maximum Gasteiger partial charge on any atom is 0.282 e. The molecule has 31 heavy (non-hydrogen) atoms. The fraction of sp³-hybridized carbons (Fsp3) is 0.360. The fourth-order valence-electron chi connectivity index (χ4n) is 4.31. The monoisotopic (exact) mass is 420 g/mol. The van der Waals surface area contributed by atoms with Crippen LogP contribution in [-0.2, 0) is 20.7 Å². The van der Waals surface area contributed by atoms with E-state index in [-0.39, 0.29) is 24.0 Å². The van der Waals surface area contributed by atoms with Gasteiger partial charge in [0.05, 0.1) is 30.6 Å². The summed E-state index contributed by atoms with van der Waals surface area (Å²) in [4.78, 5) is 30.5. The third-order valence-corrected chi connectivity index (χ3v) is 5.78. The fourth-order valence-corrected chi connectivity index (χ4v) is 4.31. The first-order valence-electron chi connectivity index (χ1n) is 10.7. The maximum absolute atomic E-state index is 13.6. The molecule has 2 amide bonds. The zero-order valence-corrected chi connectivity index (χ0v) is 18.4. The number of hydrogen-bond acceptors (Lipinski definition) is 5. The van der Waals surface area contributed by atoms with Gasteiger partial charge in [-0.1, -0.05) is 31.2 Å². The van der Waals surface area contributed by atoms with Crippen LogP contribution in [0.1, 0.15) is 31.9 Å². The molecule has 0 saturated carbocycles. The van der Waals surface area contributed by atoms with Gasteiger partial charge < -0.3 is 14.4 Å². The molecule has 2 unspecified atom stereocenters. The van der Waals surface area contributed by atoms with Crippen molar-refractivity contribution in [1.29, 1.82) is 0 Å². The van der Waals surface area contributed by atoms with Gasteiger partial charge in [-0.05, 0) is 55.7 Å². The molecule has 2 aliphatic heterocycles. The number of ether oxygens (including phenoxy) is 2. The molecule has 6 heteroatoms. The SMILES string of the molecule is CCc1ccc(N2C(=O)C(c3ccc(OC)cc3)=C(N3CC(C)OC(C)C3)C2=O)cc1. The number of carbonyl (C=O) groups excluding carboxylic acids is 2. The highest BCUT2D eigenvalue weighted by Gasteiger charge is 2.43. The van der Waals surface area contributed by atoms with Crippen molar-refractivity contribution in [3.05, 3.63) is 65.4 Å². The van der Waals surface area contributed by atoms with Gasteiger partial charge in [0.25, 0.3) is 11.8 Å². The van der Waals surface area contributed by atoms with Gasteiger partial charge in [-0.15, -0.1) is 0 Å². The van der Waals surface area contributed by atoms with E-state index < -0.39 is 0 Å². The summed E-state index contributed by atoms with van der Waals surface area (Å²) in [5.41, 5.74) is 3.31. The minimum absolute atomic E-state index is 0.0332. The van der Waals surface area contributed by atoms with Gasteiger partial charge in [0.1, 0.15) is 11.4 Å². The van der Waals surface area contributed by atoms with Crippen molar-refractivity contribution >= 4 is 23.1 Å². The van der Waals surface area contributed by atoms with Crippen LogP contribution in [0.4, 0.5) is 5.69 Å². The Balaban J connectivity index is 1.80. The maximum atomic E-state index is 13.6. The molecule has 2 aromatic rings. The van der Waals surface area contributed by atoms with Crippen LogP contribution >= 0.6 is 0 Å². The molecular formula is C25H28N2O4. The van der Waals surface area contributed by atoms with E-state index in [9.17, 15) is 9.59 Å². The number of hydrogen-bond donors (Lipinski definition) is 0. The number of carbonyl (C=O) groups is 2. The molecule has 1 saturated heterocycles. The number of imide groups is 1. The Labute approximate surface area is 183 Å². The smallest absolute Gasteiger partial charge is 0.282 e. The topological polar surface area (TPSA) is 59.1 Å². The number of morpholine rings is 1. The van der Waals surface area contributed by atoms with E-state index in [0.717, 1.165) is 12.0 Å². The Hall–Kier alpha value is -3.12. The van der Waals surface area contributed by atoms with Crippen LogP contribution in [0.25, 0.3) is 5.57 Å². The van der Waals surface area contributed by atoms with E-state index in [4.69, 9.17) is 9.47 Å². The summed E-state index contributed by atoms with van der Waals surface area (Å²) in [7, 11) is 1.60. The van der Waals surface area contributed by atoms with Gasteiger partial charge in [-0.25, -0.2) is 4.90 Å². The number of amides is 2. The largest absolute Gasteiger partial charge is 0.497 e. The molecule has 2 aromatic carbocycles. The van der Waals surface area contributed by atoms with Gasteiger partial charge in [0, 0.05) is 13.1 Å². The highest BCUT2D eigenvalue weighted by Crippen LogP contribution is 2.36. The van der Waals surface area contributed by atoms with Crippen molar-refractivity contribution in [2.45, 2.75) is 39.4 Å². The highest BCUT2D eigenvalue weighted by molar-refractivity contribution is 6.45. The Morgan fingerprint density at radius 3 is 2.10 bits per heavy atom. The van der Waals surface area contributed by atoms with E-state index in [0.29, 0.717) is 41.4 Å². The van der Waals surface area contributed by atoms with Crippen molar-refractivity contribution < 1.29 is 19.1 Å². The number of rotatable bonds is 5. The lowest BCUT2D eigenvalue weighted by Crippen LogP contribution is -2.47. The van der Waals surface area contributed by atoms with Crippen LogP contribution in [0.2, 0.25) is 0 Å². The molecule has 4 rings (SSSR count). The van der Waals surface area contributed by atoms with Gasteiger partial charge in [-0.3, -0.25) is 9.59 Å². The standard InChI is InChI=1S/C25H28N2O4/c1-5-18-6-10-20(11-7-18)27-24(28)22(19-8-12-21(30-4)13-9-19)23(25(27)29)26-14-16(2)31-17(3)15-26/h6-13,16-17H,5,14-15H2,1-4H3. The second kappa shape index (κ2) is 8.55. The molecule has 0 bridgehead atoms. The Morgan fingerprint density at radius 2 is 1.55 bits per heavy atom. The van der Waals surface area contributed by atoms with Crippen LogP contribution in [0, 0.1) is 0 Å². The van der Waals surface area contributed by atoms with Gasteiger partial charge >= 0.3 is 0 Å². The molecule has 0 aromatic heterocycles. The Bertz CT molecular complexity index is 1000. The average Bonchev–Trinajstić information content (AvgIpc) is 3.03. The zero-order chi connectivity index (χ0) is 22.1. The molecule has 0 aliphatic carbocycles. The molecule has 0 N–H and O–H groups in total. The van der Waals surface area contributed by atoms with Crippen LogP contribution in [0.3, 0.4) is 0 Å². The normalized spacial score (nSPS) is 21.8. The molecule has 0 radical (unpaired) electrons. The van der Waals surface area contributed by atoms with Gasteiger partial charge in [0.2, 0.25) is 0 Å². The Morgan fingerprint density at radius 1 is 0.935 bits per heavy atom. The summed E-state index contributed by atoms with van der Waals surface area (Å²) in [5.74, 6) is 0.103.